The van der Waals surface area contributed by atoms with Gasteiger partial charge in [-0.2, -0.15) is 10.1 Å². The number of imide groups is 1. The van der Waals surface area contributed by atoms with Crippen LogP contribution in [0.25, 0.3) is 5.52 Å². The van der Waals surface area contributed by atoms with E-state index in [4.69, 9.17) is 10.5 Å². The van der Waals surface area contributed by atoms with Gasteiger partial charge in [0.1, 0.15) is 17.7 Å². The van der Waals surface area contributed by atoms with Crippen LogP contribution in [-0.2, 0) is 17.8 Å². The Hall–Kier alpha value is -4.46. The molecule has 0 radical (unpaired) electrons. The number of hydrogen-bond donors (Lipinski definition) is 4. The molecular formula is C27H27F2N7O4. The first-order valence-corrected chi connectivity index (χ1v) is 12.5. The van der Waals surface area contributed by atoms with Crippen LogP contribution in [0.2, 0.25) is 0 Å². The predicted molar refractivity (Wildman–Crippen MR) is 141 cm³/mol. The largest absolute Gasteiger partial charge is 0.434 e. The molecular weight excluding hydrogens is 524 g/mol. The fourth-order valence-corrected chi connectivity index (χ4v) is 4.48. The molecule has 11 nitrogen and oxygen atoms in total. The van der Waals surface area contributed by atoms with Crippen LogP contribution in [0.4, 0.5) is 19.3 Å². The number of hydrogen-bond acceptors (Lipinski definition) is 8. The third-order valence-corrected chi connectivity index (χ3v) is 6.54. The van der Waals surface area contributed by atoms with Crippen molar-refractivity contribution < 1.29 is 28.2 Å². The molecule has 0 aliphatic carbocycles. The molecule has 4 aromatic rings. The number of amides is 3. The van der Waals surface area contributed by atoms with Gasteiger partial charge in [0.25, 0.3) is 0 Å². The number of aliphatic hydroxyl groups is 1. The molecule has 5 rings (SSSR count). The third kappa shape index (κ3) is 6.39. The number of nitrogens with zero attached hydrogens (tertiary/aromatic N) is 4. The number of aromatic nitrogens is 3. The van der Waals surface area contributed by atoms with Crippen molar-refractivity contribution >= 4 is 23.1 Å². The van der Waals surface area contributed by atoms with E-state index in [1.807, 2.05) is 6.07 Å². The van der Waals surface area contributed by atoms with Gasteiger partial charge in [-0.1, -0.05) is 12.1 Å². The fourth-order valence-electron chi connectivity index (χ4n) is 4.48. The lowest BCUT2D eigenvalue weighted by Crippen LogP contribution is -2.50. The molecule has 0 spiro atoms. The van der Waals surface area contributed by atoms with Crippen LogP contribution >= 0.6 is 0 Å². The van der Waals surface area contributed by atoms with Gasteiger partial charge < -0.3 is 20.9 Å². The SMILES string of the molecule is N[C@@H]1CCN(Cc2ccn3ncnc(Oc4ccc(NC(=O)NC(=O)Cc5ccc(F)cc5)cc4F)c23)C[C@H]1O. The lowest BCUT2D eigenvalue weighted by atomic mass is 10.0. The third-order valence-electron chi connectivity index (χ3n) is 6.54. The smallest absolute Gasteiger partial charge is 0.325 e. The highest BCUT2D eigenvalue weighted by Gasteiger charge is 2.26. The number of piperidine rings is 1. The predicted octanol–water partition coefficient (Wildman–Crippen LogP) is 2.58. The maximum Gasteiger partial charge on any atom is 0.325 e. The van der Waals surface area contributed by atoms with E-state index < -0.39 is 29.7 Å². The Balaban J connectivity index is 1.24. The molecule has 0 unspecified atom stereocenters. The Labute approximate surface area is 227 Å². The van der Waals surface area contributed by atoms with Gasteiger partial charge in [-0.15, -0.1) is 0 Å². The summed E-state index contributed by atoms with van der Waals surface area (Å²) >= 11 is 0. The molecule has 3 amide bonds. The number of fused-ring (bicyclic) bond motifs is 1. The molecule has 2 aromatic carbocycles. The number of aliphatic hydroxyl groups excluding tert-OH is 1. The average molecular weight is 552 g/mol. The second-order valence-corrected chi connectivity index (χ2v) is 9.51. The molecule has 0 bridgehead atoms. The molecule has 13 heteroatoms. The molecule has 1 fully saturated rings. The van der Waals surface area contributed by atoms with Gasteiger partial charge >= 0.3 is 6.03 Å². The van der Waals surface area contributed by atoms with Crippen LogP contribution in [0, 0.1) is 11.6 Å². The summed E-state index contributed by atoms with van der Waals surface area (Å²) < 4.78 is 35.4. The summed E-state index contributed by atoms with van der Waals surface area (Å²) in [6, 6.07) is 9.87. The molecule has 1 aliphatic rings. The van der Waals surface area contributed by atoms with Crippen molar-refractivity contribution in [2.24, 2.45) is 5.73 Å². The zero-order chi connectivity index (χ0) is 28.2. The van der Waals surface area contributed by atoms with E-state index in [0.29, 0.717) is 37.1 Å². The van der Waals surface area contributed by atoms with Crippen LogP contribution in [0.3, 0.4) is 0 Å². The molecule has 40 heavy (non-hydrogen) atoms. The second kappa shape index (κ2) is 11.7. The molecule has 3 heterocycles. The first-order valence-electron chi connectivity index (χ1n) is 12.5. The van der Waals surface area contributed by atoms with E-state index >= 15 is 0 Å². The molecule has 5 N–H and O–H groups in total. The number of halogens is 2. The fraction of sp³-hybridized carbons (Fsp3) is 0.259. The zero-order valence-electron chi connectivity index (χ0n) is 21.3. The Bertz CT molecular complexity index is 1530. The highest BCUT2D eigenvalue weighted by molar-refractivity contribution is 6.01. The summed E-state index contributed by atoms with van der Waals surface area (Å²) in [5.41, 5.74) is 7.91. The first kappa shape index (κ1) is 27.1. The van der Waals surface area contributed by atoms with Crippen molar-refractivity contribution in [2.45, 2.75) is 31.5 Å². The van der Waals surface area contributed by atoms with Crippen molar-refractivity contribution in [3.8, 4) is 11.6 Å². The maximum atomic E-state index is 15.0. The van der Waals surface area contributed by atoms with Gasteiger partial charge in [-0.05, 0) is 47.9 Å². The number of urea groups is 1. The van der Waals surface area contributed by atoms with Gasteiger partial charge in [0.15, 0.2) is 11.6 Å². The first-order chi connectivity index (χ1) is 19.2. The normalized spacial score (nSPS) is 17.5. The Kier molecular flexibility index (Phi) is 7.96. The van der Waals surface area contributed by atoms with Gasteiger partial charge in [0.2, 0.25) is 11.8 Å². The number of benzene rings is 2. The van der Waals surface area contributed by atoms with Crippen molar-refractivity contribution in [1.29, 1.82) is 0 Å². The van der Waals surface area contributed by atoms with Crippen LogP contribution in [0.15, 0.2) is 61.1 Å². The molecule has 2 atom stereocenters. The van der Waals surface area contributed by atoms with Crippen molar-refractivity contribution in [3.63, 3.8) is 0 Å². The van der Waals surface area contributed by atoms with E-state index in [2.05, 4.69) is 25.6 Å². The zero-order valence-corrected chi connectivity index (χ0v) is 21.3. The Morgan fingerprint density at radius 2 is 1.95 bits per heavy atom. The standard InChI is InChI=1S/C27H27F2N7O4/c28-18-3-1-16(2-4-18)11-24(38)34-27(39)33-19-5-6-23(20(29)12-19)40-26-25-17(7-10-36(25)32-15-31-26)13-35-9-8-21(30)22(37)14-35/h1-7,10,12,15,21-22,37H,8-9,11,13-14,30H2,(H2,33,34,38,39)/t21-,22-/m1/s1. The number of β-amino-alcohol motifs (C(OH)–C–C–N with tert-alkyl or cyclic N) is 1. The number of nitrogens with two attached hydrogens (primary N) is 1. The quantitative estimate of drug-likeness (QED) is 0.274. The summed E-state index contributed by atoms with van der Waals surface area (Å²) in [7, 11) is 0. The van der Waals surface area contributed by atoms with Crippen LogP contribution in [0.5, 0.6) is 11.6 Å². The number of ether oxygens (including phenoxy) is 1. The highest BCUT2D eigenvalue weighted by Crippen LogP contribution is 2.30. The monoisotopic (exact) mass is 551 g/mol. The highest BCUT2D eigenvalue weighted by atomic mass is 19.1. The van der Waals surface area contributed by atoms with Gasteiger partial charge in [-0.3, -0.25) is 15.0 Å². The lowest BCUT2D eigenvalue weighted by molar-refractivity contribution is -0.119. The van der Waals surface area contributed by atoms with Gasteiger partial charge in [-0.25, -0.2) is 18.1 Å². The summed E-state index contributed by atoms with van der Waals surface area (Å²) in [4.78, 5) is 30.6. The van der Waals surface area contributed by atoms with E-state index in [0.717, 1.165) is 11.6 Å². The number of carbonyl (C=O) groups excluding carboxylic acids is 2. The van der Waals surface area contributed by atoms with Gasteiger partial charge in [0, 0.05) is 43.6 Å². The van der Waals surface area contributed by atoms with E-state index in [1.54, 1.807) is 10.7 Å². The number of rotatable bonds is 7. The molecule has 1 saturated heterocycles. The number of anilines is 1. The van der Waals surface area contributed by atoms with Crippen LogP contribution in [0.1, 0.15) is 17.5 Å². The average Bonchev–Trinajstić information content (AvgIpc) is 3.32. The number of likely N-dealkylation sites (tertiary alicyclic amines) is 1. The second-order valence-electron chi connectivity index (χ2n) is 9.51. The minimum atomic E-state index is -0.848. The number of carbonyl (C=O) groups is 2. The Morgan fingerprint density at radius 1 is 1.15 bits per heavy atom. The van der Waals surface area contributed by atoms with E-state index in [1.165, 1.54) is 42.7 Å². The lowest BCUT2D eigenvalue weighted by Gasteiger charge is -2.33. The Morgan fingerprint density at radius 3 is 2.70 bits per heavy atom. The maximum absolute atomic E-state index is 15.0. The number of nitrogens with one attached hydrogen (secondary N) is 2. The van der Waals surface area contributed by atoms with Crippen molar-refractivity contribution in [2.75, 3.05) is 18.4 Å². The summed E-state index contributed by atoms with van der Waals surface area (Å²) in [5.74, 6) is -1.81. The molecule has 2 aromatic heterocycles. The summed E-state index contributed by atoms with van der Waals surface area (Å²) in [5, 5.41) is 18.9. The molecule has 1 aliphatic heterocycles. The van der Waals surface area contributed by atoms with Gasteiger partial charge in [0.05, 0.1) is 12.5 Å². The molecule has 208 valence electrons. The van der Waals surface area contributed by atoms with Crippen LogP contribution in [-0.4, -0.2) is 61.8 Å². The summed E-state index contributed by atoms with van der Waals surface area (Å²) in [6.45, 7) is 1.63. The summed E-state index contributed by atoms with van der Waals surface area (Å²) in [6.07, 6.45) is 2.95. The molecule has 0 saturated carbocycles. The van der Waals surface area contributed by atoms with Crippen LogP contribution < -0.4 is 21.1 Å². The van der Waals surface area contributed by atoms with Crippen molar-refractivity contribution in [3.05, 3.63) is 83.8 Å². The minimum Gasteiger partial charge on any atom is -0.434 e. The van der Waals surface area contributed by atoms with Crippen molar-refractivity contribution in [1.82, 2.24) is 24.8 Å². The minimum absolute atomic E-state index is 0.0926. The van der Waals surface area contributed by atoms with E-state index in [9.17, 15) is 23.5 Å². The van der Waals surface area contributed by atoms with E-state index in [-0.39, 0.29) is 29.8 Å². The topological polar surface area (TPSA) is 147 Å².